The SMILES string of the molecule is CCCOC(=O)O[C@H](CN(CC(C)C)S(=O)(=O)c1ccc(N)cc1)[C@H](Cc1ccccc1)NC(=O)O[C@H]1CCOC1. The number of carbonyl (C=O) groups is 2. The number of hydrogen-bond donors (Lipinski definition) is 2. The van der Waals surface area contributed by atoms with Crippen LogP contribution in [-0.4, -0.2) is 76.1 Å². The maximum Gasteiger partial charge on any atom is 0.508 e. The molecule has 0 aliphatic carbocycles. The molecule has 1 fully saturated rings. The number of ether oxygens (including phenoxy) is 4. The Morgan fingerprint density at radius 1 is 1.10 bits per heavy atom. The molecule has 1 aliphatic rings. The van der Waals surface area contributed by atoms with Crippen molar-refractivity contribution in [3.63, 3.8) is 0 Å². The normalized spacial score (nSPS) is 16.8. The minimum atomic E-state index is -4.03. The van der Waals surface area contributed by atoms with E-state index in [1.807, 2.05) is 51.1 Å². The number of carbonyl (C=O) groups excluding carboxylic acids is 2. The molecule has 3 rings (SSSR count). The second-order valence-corrected chi connectivity index (χ2v) is 12.3. The highest BCUT2D eigenvalue weighted by Crippen LogP contribution is 2.22. The second kappa shape index (κ2) is 15.6. The fourth-order valence-electron chi connectivity index (χ4n) is 4.34. The van der Waals surface area contributed by atoms with Crippen LogP contribution in [0.5, 0.6) is 0 Å². The van der Waals surface area contributed by atoms with E-state index in [0.717, 1.165) is 5.56 Å². The number of benzene rings is 2. The number of rotatable bonds is 14. The first kappa shape index (κ1) is 32.2. The van der Waals surface area contributed by atoms with Crippen molar-refractivity contribution in [3.8, 4) is 0 Å². The summed E-state index contributed by atoms with van der Waals surface area (Å²) >= 11 is 0. The molecule has 12 heteroatoms. The molecule has 3 N–H and O–H groups in total. The number of hydrogen-bond acceptors (Lipinski definition) is 9. The summed E-state index contributed by atoms with van der Waals surface area (Å²) in [5, 5.41) is 2.82. The number of nitrogens with one attached hydrogen (secondary N) is 1. The molecule has 2 aromatic carbocycles. The van der Waals surface area contributed by atoms with E-state index in [9.17, 15) is 18.0 Å². The van der Waals surface area contributed by atoms with Crippen LogP contribution in [0.1, 0.15) is 39.2 Å². The van der Waals surface area contributed by atoms with Crippen molar-refractivity contribution in [1.29, 1.82) is 0 Å². The molecule has 2 aromatic rings. The lowest BCUT2D eigenvalue weighted by Gasteiger charge is -2.33. The number of nitrogen functional groups attached to an aromatic ring is 1. The van der Waals surface area contributed by atoms with Crippen LogP contribution in [-0.2, 0) is 35.4 Å². The predicted molar refractivity (Wildman–Crippen MR) is 154 cm³/mol. The van der Waals surface area contributed by atoms with E-state index in [0.29, 0.717) is 31.7 Å². The van der Waals surface area contributed by atoms with Gasteiger partial charge in [-0.15, -0.1) is 0 Å². The van der Waals surface area contributed by atoms with Gasteiger partial charge in [0.05, 0.1) is 37.3 Å². The number of alkyl carbamates (subject to hydrolysis) is 1. The van der Waals surface area contributed by atoms with Gasteiger partial charge in [0, 0.05) is 18.7 Å². The molecule has 1 heterocycles. The average molecular weight is 592 g/mol. The zero-order valence-electron chi connectivity index (χ0n) is 23.9. The largest absolute Gasteiger partial charge is 0.508 e. The Morgan fingerprint density at radius 3 is 2.41 bits per heavy atom. The Kier molecular flexibility index (Phi) is 12.2. The van der Waals surface area contributed by atoms with E-state index in [2.05, 4.69) is 5.32 Å². The Morgan fingerprint density at radius 2 is 1.80 bits per heavy atom. The highest BCUT2D eigenvalue weighted by molar-refractivity contribution is 7.89. The van der Waals surface area contributed by atoms with Gasteiger partial charge in [0.1, 0.15) is 12.2 Å². The third-order valence-electron chi connectivity index (χ3n) is 6.35. The standard InChI is InChI=1S/C29H41N3O8S/c1-4-15-38-29(34)40-27(19-32(18-21(2)3)41(35,36)25-12-10-23(30)11-13-25)26(17-22-8-6-5-7-9-22)31-28(33)39-24-14-16-37-20-24/h5-13,21,24,26-27H,4,14-20,30H2,1-3H3,(H,31,33)/t24-,26-,27+/m0/s1. The van der Waals surface area contributed by atoms with Crippen LogP contribution in [0.15, 0.2) is 59.5 Å². The summed E-state index contributed by atoms with van der Waals surface area (Å²) in [6.07, 6.45) is -1.80. The van der Waals surface area contributed by atoms with Gasteiger partial charge in [0.15, 0.2) is 0 Å². The van der Waals surface area contributed by atoms with Crippen LogP contribution in [0.4, 0.5) is 15.3 Å². The van der Waals surface area contributed by atoms with Crippen molar-refractivity contribution in [2.45, 2.75) is 63.2 Å². The molecular formula is C29H41N3O8S. The highest BCUT2D eigenvalue weighted by Gasteiger charge is 2.35. The first-order valence-electron chi connectivity index (χ1n) is 13.9. The Labute approximate surface area is 242 Å². The lowest BCUT2D eigenvalue weighted by atomic mass is 10.0. The highest BCUT2D eigenvalue weighted by atomic mass is 32.2. The van der Waals surface area contributed by atoms with E-state index >= 15 is 0 Å². The molecule has 41 heavy (non-hydrogen) atoms. The van der Waals surface area contributed by atoms with E-state index in [-0.39, 0.29) is 36.9 Å². The predicted octanol–water partition coefficient (Wildman–Crippen LogP) is 3.97. The van der Waals surface area contributed by atoms with E-state index in [4.69, 9.17) is 24.7 Å². The molecule has 11 nitrogen and oxygen atoms in total. The first-order chi connectivity index (χ1) is 19.6. The Balaban J connectivity index is 1.96. The van der Waals surface area contributed by atoms with Crippen LogP contribution in [0, 0.1) is 5.92 Å². The van der Waals surface area contributed by atoms with Gasteiger partial charge < -0.3 is 30.0 Å². The first-order valence-corrected chi connectivity index (χ1v) is 15.3. The van der Waals surface area contributed by atoms with Crippen molar-refractivity contribution in [2.24, 2.45) is 5.92 Å². The van der Waals surface area contributed by atoms with Crippen LogP contribution < -0.4 is 11.1 Å². The minimum absolute atomic E-state index is 0.0490. The quantitative estimate of drug-likeness (QED) is 0.246. The van der Waals surface area contributed by atoms with Gasteiger partial charge in [0.2, 0.25) is 10.0 Å². The lowest BCUT2D eigenvalue weighted by Crippen LogP contribution is -2.53. The summed E-state index contributed by atoms with van der Waals surface area (Å²) in [6.45, 7) is 6.43. The average Bonchev–Trinajstić information content (AvgIpc) is 3.44. The van der Waals surface area contributed by atoms with Gasteiger partial charge in [-0.25, -0.2) is 18.0 Å². The van der Waals surface area contributed by atoms with E-state index < -0.39 is 40.5 Å². The number of anilines is 1. The number of nitrogens with two attached hydrogens (primary N) is 1. The summed E-state index contributed by atoms with van der Waals surface area (Å²) in [5.41, 5.74) is 7.05. The molecule has 226 valence electrons. The summed E-state index contributed by atoms with van der Waals surface area (Å²) in [7, 11) is -4.03. The third-order valence-corrected chi connectivity index (χ3v) is 8.20. The molecule has 1 amide bonds. The van der Waals surface area contributed by atoms with Gasteiger partial charge in [-0.3, -0.25) is 0 Å². The number of nitrogens with zero attached hydrogens (tertiary/aromatic N) is 1. The molecule has 0 aromatic heterocycles. The monoisotopic (exact) mass is 591 g/mol. The molecule has 0 spiro atoms. The molecule has 0 saturated carbocycles. The topological polar surface area (TPSA) is 146 Å². The van der Waals surface area contributed by atoms with Crippen molar-refractivity contribution in [2.75, 3.05) is 38.6 Å². The molecular weight excluding hydrogens is 550 g/mol. The summed E-state index contributed by atoms with van der Waals surface area (Å²) in [5.74, 6) is -0.0564. The maximum atomic E-state index is 13.8. The second-order valence-electron chi connectivity index (χ2n) is 10.4. The van der Waals surface area contributed by atoms with Gasteiger partial charge in [0.25, 0.3) is 0 Å². The summed E-state index contributed by atoms with van der Waals surface area (Å²) in [4.78, 5) is 25.7. The zero-order valence-corrected chi connectivity index (χ0v) is 24.7. The number of sulfonamides is 1. The molecule has 0 unspecified atom stereocenters. The molecule has 1 aliphatic heterocycles. The van der Waals surface area contributed by atoms with Crippen LogP contribution in [0.3, 0.4) is 0 Å². The lowest BCUT2D eigenvalue weighted by molar-refractivity contribution is 0.00135. The van der Waals surface area contributed by atoms with Crippen LogP contribution >= 0.6 is 0 Å². The van der Waals surface area contributed by atoms with Gasteiger partial charge in [-0.2, -0.15) is 4.31 Å². The van der Waals surface area contributed by atoms with Crippen molar-refractivity contribution < 1.29 is 37.0 Å². The fourth-order valence-corrected chi connectivity index (χ4v) is 5.96. The molecule has 3 atom stereocenters. The van der Waals surface area contributed by atoms with Crippen molar-refractivity contribution >= 4 is 28.0 Å². The van der Waals surface area contributed by atoms with Crippen molar-refractivity contribution in [1.82, 2.24) is 9.62 Å². The van der Waals surface area contributed by atoms with Gasteiger partial charge in [-0.05, 0) is 48.6 Å². The smallest absolute Gasteiger partial charge is 0.444 e. The third kappa shape index (κ3) is 10.2. The zero-order chi connectivity index (χ0) is 29.8. The Hall–Kier alpha value is -3.35. The summed E-state index contributed by atoms with van der Waals surface area (Å²) < 4.78 is 50.6. The molecule has 0 bridgehead atoms. The maximum absolute atomic E-state index is 13.8. The van der Waals surface area contributed by atoms with Gasteiger partial charge in [-0.1, -0.05) is 51.1 Å². The Bertz CT molecular complexity index is 1200. The van der Waals surface area contributed by atoms with E-state index in [1.165, 1.54) is 28.6 Å². The van der Waals surface area contributed by atoms with Crippen LogP contribution in [0.2, 0.25) is 0 Å². The van der Waals surface area contributed by atoms with Gasteiger partial charge >= 0.3 is 12.2 Å². The molecule has 1 saturated heterocycles. The molecule has 0 radical (unpaired) electrons. The minimum Gasteiger partial charge on any atom is -0.444 e. The fraction of sp³-hybridized carbons (Fsp3) is 0.517. The van der Waals surface area contributed by atoms with Crippen molar-refractivity contribution in [3.05, 3.63) is 60.2 Å². The van der Waals surface area contributed by atoms with Crippen LogP contribution in [0.25, 0.3) is 0 Å². The summed E-state index contributed by atoms with van der Waals surface area (Å²) in [6, 6.07) is 14.3. The number of amides is 1. The van der Waals surface area contributed by atoms with E-state index in [1.54, 1.807) is 0 Å².